The molecule has 0 spiro atoms. The number of nitrogens with one attached hydrogen (secondary N) is 2. The average molecular weight is 509 g/mol. The molecular weight excluding hydrogens is 476 g/mol. The number of H-pyrrole nitrogens is 2. The summed E-state index contributed by atoms with van der Waals surface area (Å²) >= 11 is 1.49. The minimum atomic E-state index is -0.255. The fraction of sp³-hybridized carbons (Fsp3) is 0.423. The average Bonchev–Trinajstić information content (AvgIpc) is 3.53. The number of nitrogens with zero attached hydrogens (tertiary/aromatic N) is 4. The molecule has 1 aromatic carbocycles. The third kappa shape index (κ3) is 4.76. The lowest BCUT2D eigenvalue weighted by atomic mass is 10.1. The molecule has 0 atom stereocenters. The Kier molecular flexibility index (Phi) is 7.08. The molecule has 1 aliphatic heterocycles. The van der Waals surface area contributed by atoms with Crippen LogP contribution >= 0.6 is 11.3 Å². The van der Waals surface area contributed by atoms with Crippen molar-refractivity contribution in [3.05, 3.63) is 44.9 Å². The Balaban J connectivity index is 1.35. The number of hydrogen-bond acceptors (Lipinski definition) is 7. The number of carbonyl (C=O) groups is 1. The quantitative estimate of drug-likeness (QED) is 0.379. The molecule has 3 aromatic heterocycles. The standard InChI is InChI=1S/C26H32N6O3S/c1-4-30(5-2)6-7-31-8-10-32(11-9-31)26(34)18-12-17-13-20(27-19(17)14-23(18)35-3)24-25(33)29-22-16-36-15-21(22)28-24/h12-16,27H,4-11H2,1-3H3,(H,29,33). The van der Waals surface area contributed by atoms with Crippen molar-refractivity contribution < 1.29 is 9.53 Å². The van der Waals surface area contributed by atoms with Gasteiger partial charge in [-0.15, -0.1) is 11.3 Å². The molecule has 0 bridgehead atoms. The van der Waals surface area contributed by atoms with Crippen LogP contribution < -0.4 is 10.3 Å². The SMILES string of the molecule is CCN(CC)CCN1CCN(C(=O)c2cc3cc(-c4nc5cscc5[nH]c4=O)[nH]c3cc2OC)CC1. The van der Waals surface area contributed by atoms with Crippen LogP contribution in [0.4, 0.5) is 0 Å². The van der Waals surface area contributed by atoms with Gasteiger partial charge in [-0.3, -0.25) is 14.5 Å². The number of rotatable bonds is 8. The first-order chi connectivity index (χ1) is 17.5. The smallest absolute Gasteiger partial charge is 0.276 e. The Morgan fingerprint density at radius 3 is 2.58 bits per heavy atom. The maximum absolute atomic E-state index is 13.5. The van der Waals surface area contributed by atoms with Crippen LogP contribution in [-0.2, 0) is 0 Å². The van der Waals surface area contributed by atoms with Gasteiger partial charge in [0.2, 0.25) is 0 Å². The highest BCUT2D eigenvalue weighted by Gasteiger charge is 2.25. The topological polar surface area (TPSA) is 97.6 Å². The van der Waals surface area contributed by atoms with Crippen molar-refractivity contribution in [3.63, 3.8) is 0 Å². The third-order valence-corrected chi connectivity index (χ3v) is 7.78. The third-order valence-electron chi connectivity index (χ3n) is 7.05. The van der Waals surface area contributed by atoms with E-state index in [0.717, 1.165) is 61.2 Å². The van der Waals surface area contributed by atoms with Gasteiger partial charge >= 0.3 is 0 Å². The summed E-state index contributed by atoms with van der Waals surface area (Å²) in [6.07, 6.45) is 0. The maximum atomic E-state index is 13.5. The minimum absolute atomic E-state index is 0.0319. The molecule has 1 fully saturated rings. The number of ether oxygens (including phenoxy) is 1. The lowest BCUT2D eigenvalue weighted by molar-refractivity contribution is 0.0622. The van der Waals surface area contributed by atoms with Crippen molar-refractivity contribution in [3.8, 4) is 17.1 Å². The maximum Gasteiger partial charge on any atom is 0.276 e. The number of hydrogen-bond donors (Lipinski definition) is 2. The Morgan fingerprint density at radius 1 is 1.08 bits per heavy atom. The molecule has 0 saturated carbocycles. The summed E-state index contributed by atoms with van der Waals surface area (Å²) in [6, 6.07) is 5.54. The Hall–Kier alpha value is -3.21. The number of benzene rings is 1. The van der Waals surface area contributed by atoms with Crippen LogP contribution in [0, 0.1) is 0 Å². The second-order valence-electron chi connectivity index (χ2n) is 9.07. The van der Waals surface area contributed by atoms with Gasteiger partial charge in [0, 0.05) is 67.0 Å². The Morgan fingerprint density at radius 2 is 1.86 bits per heavy atom. The summed E-state index contributed by atoms with van der Waals surface area (Å²) in [6.45, 7) is 11.7. The number of amides is 1. The number of aromatic amines is 2. The van der Waals surface area contributed by atoms with E-state index in [9.17, 15) is 9.59 Å². The zero-order valence-corrected chi connectivity index (χ0v) is 21.8. The molecule has 4 heterocycles. The van der Waals surface area contributed by atoms with Crippen LogP contribution in [0.2, 0.25) is 0 Å². The van der Waals surface area contributed by atoms with Crippen molar-refractivity contribution in [2.24, 2.45) is 0 Å². The summed E-state index contributed by atoms with van der Waals surface area (Å²) in [5, 5.41) is 4.60. The molecule has 9 nitrogen and oxygen atoms in total. The number of piperazine rings is 1. The van der Waals surface area contributed by atoms with Gasteiger partial charge in [-0.05, 0) is 25.2 Å². The predicted molar refractivity (Wildman–Crippen MR) is 144 cm³/mol. The van der Waals surface area contributed by atoms with Gasteiger partial charge in [-0.2, -0.15) is 0 Å². The summed E-state index contributed by atoms with van der Waals surface area (Å²) in [5.74, 6) is 0.482. The highest BCUT2D eigenvalue weighted by atomic mass is 32.1. The molecule has 0 unspecified atom stereocenters. The first-order valence-corrected chi connectivity index (χ1v) is 13.4. The number of fused-ring (bicyclic) bond motifs is 2. The molecule has 0 aliphatic carbocycles. The molecule has 5 rings (SSSR count). The van der Waals surface area contributed by atoms with Gasteiger partial charge in [0.15, 0.2) is 5.69 Å². The number of aromatic nitrogens is 3. The van der Waals surface area contributed by atoms with Crippen LogP contribution in [0.1, 0.15) is 24.2 Å². The molecule has 10 heteroatoms. The zero-order chi connectivity index (χ0) is 25.2. The number of thiophene rings is 1. The van der Waals surface area contributed by atoms with Crippen LogP contribution in [0.3, 0.4) is 0 Å². The first-order valence-electron chi connectivity index (χ1n) is 12.4. The monoisotopic (exact) mass is 508 g/mol. The van der Waals surface area contributed by atoms with Gasteiger partial charge in [0.1, 0.15) is 5.75 Å². The Bertz CT molecular complexity index is 1430. The highest BCUT2D eigenvalue weighted by molar-refractivity contribution is 7.09. The summed E-state index contributed by atoms with van der Waals surface area (Å²) in [4.78, 5) is 43.6. The van der Waals surface area contributed by atoms with E-state index in [1.807, 2.05) is 33.9 Å². The van der Waals surface area contributed by atoms with E-state index < -0.39 is 0 Å². The van der Waals surface area contributed by atoms with Crippen molar-refractivity contribution in [1.29, 1.82) is 0 Å². The number of carbonyl (C=O) groups excluding carboxylic acids is 1. The normalized spacial score (nSPS) is 14.8. The molecule has 4 aromatic rings. The van der Waals surface area contributed by atoms with Crippen LogP contribution in [0.15, 0.2) is 33.8 Å². The van der Waals surface area contributed by atoms with Crippen molar-refractivity contribution in [2.45, 2.75) is 13.8 Å². The molecule has 36 heavy (non-hydrogen) atoms. The van der Waals surface area contributed by atoms with Gasteiger partial charge in [0.05, 0.1) is 29.4 Å². The second-order valence-corrected chi connectivity index (χ2v) is 9.81. The van der Waals surface area contributed by atoms with Crippen LogP contribution in [0.5, 0.6) is 5.75 Å². The van der Waals surface area contributed by atoms with Gasteiger partial charge in [0.25, 0.3) is 11.5 Å². The highest BCUT2D eigenvalue weighted by Crippen LogP contribution is 2.30. The van der Waals surface area contributed by atoms with E-state index in [1.54, 1.807) is 7.11 Å². The lowest BCUT2D eigenvalue weighted by Gasteiger charge is -2.35. The van der Waals surface area contributed by atoms with E-state index in [1.165, 1.54) is 11.3 Å². The van der Waals surface area contributed by atoms with E-state index in [4.69, 9.17) is 4.74 Å². The van der Waals surface area contributed by atoms with E-state index in [-0.39, 0.29) is 11.5 Å². The lowest BCUT2D eigenvalue weighted by Crippen LogP contribution is -2.50. The fourth-order valence-corrected chi connectivity index (χ4v) is 5.49. The van der Waals surface area contributed by atoms with E-state index >= 15 is 0 Å². The van der Waals surface area contributed by atoms with E-state index in [0.29, 0.717) is 35.8 Å². The zero-order valence-electron chi connectivity index (χ0n) is 21.0. The summed E-state index contributed by atoms with van der Waals surface area (Å²) in [7, 11) is 1.57. The number of likely N-dealkylation sites (N-methyl/N-ethyl adjacent to an activating group) is 1. The van der Waals surface area contributed by atoms with Crippen molar-refractivity contribution >= 4 is 39.2 Å². The second kappa shape index (κ2) is 10.4. The van der Waals surface area contributed by atoms with Crippen molar-refractivity contribution in [1.82, 2.24) is 29.7 Å². The number of methoxy groups -OCH3 is 1. The largest absolute Gasteiger partial charge is 0.496 e. The van der Waals surface area contributed by atoms with Gasteiger partial charge in [-0.1, -0.05) is 13.8 Å². The molecule has 2 N–H and O–H groups in total. The molecular formula is C26H32N6O3S. The molecule has 1 amide bonds. The van der Waals surface area contributed by atoms with Crippen molar-refractivity contribution in [2.75, 3.05) is 59.5 Å². The summed E-state index contributed by atoms with van der Waals surface area (Å²) in [5.41, 5.74) is 3.46. The minimum Gasteiger partial charge on any atom is -0.496 e. The fourth-order valence-electron chi connectivity index (χ4n) is 4.80. The van der Waals surface area contributed by atoms with Gasteiger partial charge < -0.3 is 24.5 Å². The molecule has 1 saturated heterocycles. The predicted octanol–water partition coefficient (Wildman–Crippen LogP) is 3.24. The van der Waals surface area contributed by atoms with Crippen LogP contribution in [0.25, 0.3) is 33.3 Å². The van der Waals surface area contributed by atoms with E-state index in [2.05, 4.69) is 38.6 Å². The van der Waals surface area contributed by atoms with Crippen LogP contribution in [-0.4, -0.2) is 95.0 Å². The molecule has 190 valence electrons. The Labute approximate surface area is 213 Å². The first kappa shape index (κ1) is 24.5. The van der Waals surface area contributed by atoms with Gasteiger partial charge in [-0.25, -0.2) is 4.98 Å². The summed E-state index contributed by atoms with van der Waals surface area (Å²) < 4.78 is 5.60. The molecule has 1 aliphatic rings. The molecule has 0 radical (unpaired) electrons.